The SMILES string of the molecule is CCCCCNC(=O)CN(Cc1ccc(F)cc1)S(=O)(=O)c1ccc(Cl)cc1. The zero-order chi connectivity index (χ0) is 20.6. The van der Waals surface area contributed by atoms with E-state index in [0.29, 0.717) is 17.1 Å². The minimum atomic E-state index is -3.94. The maximum absolute atomic E-state index is 13.2. The molecule has 0 atom stereocenters. The number of amides is 1. The van der Waals surface area contributed by atoms with Gasteiger partial charge in [-0.3, -0.25) is 4.79 Å². The molecule has 0 unspecified atom stereocenters. The minimum Gasteiger partial charge on any atom is -0.355 e. The molecule has 28 heavy (non-hydrogen) atoms. The van der Waals surface area contributed by atoms with Crippen molar-refractivity contribution in [3.05, 3.63) is 64.9 Å². The molecule has 0 heterocycles. The lowest BCUT2D eigenvalue weighted by Gasteiger charge is -2.22. The second-order valence-corrected chi connectivity index (χ2v) is 8.78. The van der Waals surface area contributed by atoms with E-state index < -0.39 is 15.8 Å². The third-order valence-electron chi connectivity index (χ3n) is 4.15. The molecule has 1 amide bonds. The van der Waals surface area contributed by atoms with Crippen molar-refractivity contribution in [2.24, 2.45) is 0 Å². The highest BCUT2D eigenvalue weighted by molar-refractivity contribution is 7.89. The zero-order valence-electron chi connectivity index (χ0n) is 15.7. The normalized spacial score (nSPS) is 11.6. The zero-order valence-corrected chi connectivity index (χ0v) is 17.3. The van der Waals surface area contributed by atoms with Crippen LogP contribution in [-0.2, 0) is 21.4 Å². The summed E-state index contributed by atoms with van der Waals surface area (Å²) in [6.45, 7) is 2.19. The Balaban J connectivity index is 2.20. The van der Waals surface area contributed by atoms with Gasteiger partial charge < -0.3 is 5.32 Å². The van der Waals surface area contributed by atoms with E-state index in [9.17, 15) is 17.6 Å². The first-order valence-electron chi connectivity index (χ1n) is 9.10. The van der Waals surface area contributed by atoms with Crippen molar-refractivity contribution >= 4 is 27.5 Å². The van der Waals surface area contributed by atoms with E-state index in [-0.39, 0.29) is 23.9 Å². The van der Waals surface area contributed by atoms with Crippen LogP contribution in [0.3, 0.4) is 0 Å². The van der Waals surface area contributed by atoms with Crippen LogP contribution in [0.2, 0.25) is 5.02 Å². The number of carbonyl (C=O) groups is 1. The average molecular weight is 427 g/mol. The summed E-state index contributed by atoms with van der Waals surface area (Å²) < 4.78 is 40.4. The van der Waals surface area contributed by atoms with E-state index in [1.807, 2.05) is 0 Å². The number of sulfonamides is 1. The van der Waals surface area contributed by atoms with Crippen LogP contribution in [0.4, 0.5) is 4.39 Å². The molecule has 8 heteroatoms. The third-order valence-corrected chi connectivity index (χ3v) is 6.20. The van der Waals surface area contributed by atoms with Crippen molar-refractivity contribution in [3.63, 3.8) is 0 Å². The van der Waals surface area contributed by atoms with Crippen molar-refractivity contribution < 1.29 is 17.6 Å². The van der Waals surface area contributed by atoms with Crippen LogP contribution in [0.15, 0.2) is 53.4 Å². The topological polar surface area (TPSA) is 66.5 Å². The van der Waals surface area contributed by atoms with Crippen LogP contribution in [0.5, 0.6) is 0 Å². The molecule has 0 aromatic heterocycles. The monoisotopic (exact) mass is 426 g/mol. The van der Waals surface area contributed by atoms with Crippen LogP contribution in [0.25, 0.3) is 0 Å². The predicted octanol–water partition coefficient (Wildman–Crippen LogP) is 3.98. The first-order chi connectivity index (χ1) is 13.3. The Kier molecular flexibility index (Phi) is 8.41. The number of halogens is 2. The second kappa shape index (κ2) is 10.5. The lowest BCUT2D eigenvalue weighted by molar-refractivity contribution is -0.121. The Labute approximate surface area is 170 Å². The second-order valence-electron chi connectivity index (χ2n) is 6.41. The van der Waals surface area contributed by atoms with Crippen LogP contribution in [0, 0.1) is 5.82 Å². The van der Waals surface area contributed by atoms with Crippen molar-refractivity contribution in [1.29, 1.82) is 0 Å². The fourth-order valence-electron chi connectivity index (χ4n) is 2.59. The summed E-state index contributed by atoms with van der Waals surface area (Å²) in [4.78, 5) is 12.3. The summed E-state index contributed by atoms with van der Waals surface area (Å²) in [6.07, 6.45) is 2.85. The smallest absolute Gasteiger partial charge is 0.243 e. The molecule has 0 spiro atoms. The molecule has 0 fully saturated rings. The number of nitrogens with zero attached hydrogens (tertiary/aromatic N) is 1. The van der Waals surface area contributed by atoms with Crippen molar-refractivity contribution in [1.82, 2.24) is 9.62 Å². The number of unbranched alkanes of at least 4 members (excludes halogenated alkanes) is 2. The number of benzene rings is 2. The average Bonchev–Trinajstić information content (AvgIpc) is 2.67. The first kappa shape index (κ1) is 22.3. The molecular formula is C20H24ClFN2O3S. The molecule has 5 nitrogen and oxygen atoms in total. The third kappa shape index (κ3) is 6.58. The van der Waals surface area contributed by atoms with E-state index in [4.69, 9.17) is 11.6 Å². The van der Waals surface area contributed by atoms with Crippen molar-refractivity contribution in [3.8, 4) is 0 Å². The van der Waals surface area contributed by atoms with E-state index in [1.165, 1.54) is 48.5 Å². The first-order valence-corrected chi connectivity index (χ1v) is 10.9. The predicted molar refractivity (Wildman–Crippen MR) is 108 cm³/mol. The van der Waals surface area contributed by atoms with Crippen molar-refractivity contribution in [2.75, 3.05) is 13.1 Å². The molecule has 1 N–H and O–H groups in total. The maximum atomic E-state index is 13.2. The van der Waals surface area contributed by atoms with E-state index in [0.717, 1.165) is 23.6 Å². The Morgan fingerprint density at radius 2 is 1.71 bits per heavy atom. The largest absolute Gasteiger partial charge is 0.355 e. The van der Waals surface area contributed by atoms with E-state index in [2.05, 4.69) is 12.2 Å². The summed E-state index contributed by atoms with van der Waals surface area (Å²) in [5, 5.41) is 3.16. The van der Waals surface area contributed by atoms with Crippen LogP contribution < -0.4 is 5.32 Å². The molecule has 0 aliphatic carbocycles. The Morgan fingerprint density at radius 1 is 1.07 bits per heavy atom. The minimum absolute atomic E-state index is 0.0396. The molecule has 0 saturated carbocycles. The number of nitrogens with one attached hydrogen (secondary N) is 1. The molecule has 2 aromatic carbocycles. The standard InChI is InChI=1S/C20H24ClFN2O3S/c1-2-3-4-13-23-20(25)15-24(14-16-5-9-18(22)10-6-16)28(26,27)19-11-7-17(21)8-12-19/h5-12H,2-4,13-15H2,1H3,(H,23,25). The quantitative estimate of drug-likeness (QED) is 0.584. The number of rotatable bonds is 10. The molecule has 152 valence electrons. The van der Waals surface area contributed by atoms with Gasteiger partial charge in [-0.1, -0.05) is 43.5 Å². The van der Waals surface area contributed by atoms with E-state index >= 15 is 0 Å². The summed E-state index contributed by atoms with van der Waals surface area (Å²) in [7, 11) is -3.94. The van der Waals surface area contributed by atoms with Gasteiger partial charge in [-0.25, -0.2) is 12.8 Å². The van der Waals surface area contributed by atoms with Gasteiger partial charge in [0.25, 0.3) is 0 Å². The molecule has 0 radical (unpaired) electrons. The van der Waals surface area contributed by atoms with Gasteiger partial charge in [0.05, 0.1) is 11.4 Å². The van der Waals surface area contributed by atoms with Gasteiger partial charge in [-0.2, -0.15) is 4.31 Å². The summed E-state index contributed by atoms with van der Waals surface area (Å²) in [5.74, 6) is -0.791. The Morgan fingerprint density at radius 3 is 2.32 bits per heavy atom. The fraction of sp³-hybridized carbons (Fsp3) is 0.350. The van der Waals surface area contributed by atoms with Crippen LogP contribution >= 0.6 is 11.6 Å². The lowest BCUT2D eigenvalue weighted by Crippen LogP contribution is -2.40. The molecule has 0 aliphatic heterocycles. The maximum Gasteiger partial charge on any atom is 0.243 e. The highest BCUT2D eigenvalue weighted by atomic mass is 35.5. The summed E-state index contributed by atoms with van der Waals surface area (Å²) in [5.41, 5.74) is 0.581. The van der Waals surface area contributed by atoms with Gasteiger partial charge in [-0.05, 0) is 48.4 Å². The Bertz CT molecular complexity index is 871. The number of hydrogen-bond acceptors (Lipinski definition) is 3. The van der Waals surface area contributed by atoms with Gasteiger partial charge in [0.2, 0.25) is 15.9 Å². The number of hydrogen-bond donors (Lipinski definition) is 1. The molecule has 0 saturated heterocycles. The van der Waals surface area contributed by atoms with Gasteiger partial charge >= 0.3 is 0 Å². The fourth-order valence-corrected chi connectivity index (χ4v) is 4.10. The van der Waals surface area contributed by atoms with Crippen molar-refractivity contribution in [2.45, 2.75) is 37.6 Å². The van der Waals surface area contributed by atoms with Gasteiger partial charge in [0.15, 0.2) is 0 Å². The lowest BCUT2D eigenvalue weighted by atomic mass is 10.2. The van der Waals surface area contributed by atoms with Gasteiger partial charge in [0.1, 0.15) is 5.82 Å². The molecule has 0 aliphatic rings. The molecule has 0 bridgehead atoms. The summed E-state index contributed by atoms with van der Waals surface area (Å²) >= 11 is 5.85. The highest BCUT2D eigenvalue weighted by Gasteiger charge is 2.26. The molecule has 2 rings (SSSR count). The number of carbonyl (C=O) groups excluding carboxylic acids is 1. The summed E-state index contributed by atoms with van der Waals surface area (Å²) in [6, 6.07) is 11.3. The van der Waals surface area contributed by atoms with Gasteiger partial charge in [0, 0.05) is 18.1 Å². The Hall–Kier alpha value is -1.96. The molecular weight excluding hydrogens is 403 g/mol. The van der Waals surface area contributed by atoms with Crippen LogP contribution in [-0.4, -0.2) is 31.7 Å². The van der Waals surface area contributed by atoms with E-state index in [1.54, 1.807) is 0 Å². The highest BCUT2D eigenvalue weighted by Crippen LogP contribution is 2.20. The van der Waals surface area contributed by atoms with Gasteiger partial charge in [-0.15, -0.1) is 0 Å². The molecule has 2 aromatic rings. The van der Waals surface area contributed by atoms with Crippen LogP contribution in [0.1, 0.15) is 31.7 Å².